The third-order valence-electron chi connectivity index (χ3n) is 7.25. The molecule has 37 heavy (non-hydrogen) atoms. The third-order valence-corrected chi connectivity index (χ3v) is 9.56. The zero-order chi connectivity index (χ0) is 27.0. The van der Waals surface area contributed by atoms with Crippen molar-refractivity contribution in [3.8, 4) is 0 Å². The maximum Gasteiger partial charge on any atom is 0.291 e. The number of furan rings is 1. The lowest BCUT2D eigenvalue weighted by atomic mass is 9.94. The second-order valence-electron chi connectivity index (χ2n) is 10.9. The lowest BCUT2D eigenvalue weighted by molar-refractivity contribution is -0.117. The molecule has 0 spiro atoms. The van der Waals surface area contributed by atoms with E-state index < -0.39 is 27.0 Å². The topological polar surface area (TPSA) is 112 Å². The van der Waals surface area contributed by atoms with Gasteiger partial charge in [-0.2, -0.15) is 4.31 Å². The fourth-order valence-corrected chi connectivity index (χ4v) is 7.76. The molecule has 2 aliphatic heterocycles. The largest absolute Gasteiger partial charge is 0.455 e. The molecule has 10 heteroatoms. The zero-order valence-electron chi connectivity index (χ0n) is 21.9. The molecule has 2 fully saturated rings. The molecule has 1 aromatic heterocycles. The van der Waals surface area contributed by atoms with Crippen molar-refractivity contribution in [3.05, 3.63) is 60.6 Å². The average molecular weight is 529 g/mol. The molecule has 1 unspecified atom stereocenters. The molecular weight excluding hydrogens is 492 g/mol. The van der Waals surface area contributed by atoms with Crippen LogP contribution in [0.2, 0.25) is 0 Å². The minimum atomic E-state index is -3.91. The Morgan fingerprint density at radius 2 is 1.73 bits per heavy atom. The highest BCUT2D eigenvalue weighted by atomic mass is 32.2. The van der Waals surface area contributed by atoms with Crippen molar-refractivity contribution < 1.29 is 22.4 Å². The van der Waals surface area contributed by atoms with Gasteiger partial charge in [0, 0.05) is 17.3 Å². The molecule has 2 amide bonds. The van der Waals surface area contributed by atoms with Crippen molar-refractivity contribution in [1.82, 2.24) is 14.5 Å². The second kappa shape index (κ2) is 10.1. The monoisotopic (exact) mass is 528 g/mol. The Hall–Kier alpha value is -2.95. The third kappa shape index (κ3) is 5.51. The van der Waals surface area contributed by atoms with Crippen LogP contribution >= 0.6 is 0 Å². The number of nitrogens with one attached hydrogen (secondary N) is 2. The van der Waals surface area contributed by atoms with E-state index in [1.54, 1.807) is 18.2 Å². The van der Waals surface area contributed by atoms with E-state index in [1.807, 2.05) is 33.8 Å². The van der Waals surface area contributed by atoms with Gasteiger partial charge in [0.15, 0.2) is 5.76 Å². The minimum absolute atomic E-state index is 0.105. The molecule has 9 nitrogen and oxygen atoms in total. The summed E-state index contributed by atoms with van der Waals surface area (Å²) in [5.74, 6) is 0.213. The van der Waals surface area contributed by atoms with E-state index in [4.69, 9.17) is 4.42 Å². The van der Waals surface area contributed by atoms with Crippen molar-refractivity contribution >= 4 is 27.5 Å². The van der Waals surface area contributed by atoms with Crippen LogP contribution in [0.3, 0.4) is 0 Å². The predicted octanol–water partition coefficient (Wildman–Crippen LogP) is 3.75. The molecule has 0 radical (unpaired) electrons. The van der Waals surface area contributed by atoms with Crippen LogP contribution in [-0.4, -0.2) is 59.6 Å². The van der Waals surface area contributed by atoms with E-state index in [9.17, 15) is 18.0 Å². The number of carbonyl (C=O) groups is 2. The van der Waals surface area contributed by atoms with Crippen LogP contribution in [0, 0.1) is 0 Å². The maximum absolute atomic E-state index is 13.8. The number of hydrogen-bond donors (Lipinski definition) is 2. The summed E-state index contributed by atoms with van der Waals surface area (Å²) in [5.41, 5.74) is -1.15. The van der Waals surface area contributed by atoms with Gasteiger partial charge in [0.05, 0.1) is 17.0 Å². The highest BCUT2D eigenvalue weighted by Crippen LogP contribution is 2.44. The van der Waals surface area contributed by atoms with Crippen molar-refractivity contribution in [2.75, 3.05) is 18.4 Å². The van der Waals surface area contributed by atoms with Crippen LogP contribution in [0.4, 0.5) is 5.69 Å². The Bertz CT molecular complexity index is 1270. The number of nitrogens with zero attached hydrogens (tertiary/aromatic N) is 2. The summed E-state index contributed by atoms with van der Waals surface area (Å²) in [7, 11) is -3.91. The van der Waals surface area contributed by atoms with Gasteiger partial charge in [0.25, 0.3) is 5.91 Å². The van der Waals surface area contributed by atoms with Gasteiger partial charge in [-0.15, -0.1) is 0 Å². The Balaban J connectivity index is 1.47. The van der Waals surface area contributed by atoms with Crippen LogP contribution in [0.5, 0.6) is 0 Å². The van der Waals surface area contributed by atoms with Crippen molar-refractivity contribution in [2.24, 2.45) is 0 Å². The molecule has 3 heterocycles. The number of carbonyl (C=O) groups excluding carboxylic acids is 2. The zero-order valence-corrected chi connectivity index (χ0v) is 22.7. The van der Waals surface area contributed by atoms with Crippen LogP contribution < -0.4 is 10.6 Å². The van der Waals surface area contributed by atoms with Crippen molar-refractivity contribution in [1.29, 1.82) is 0 Å². The van der Waals surface area contributed by atoms with Crippen LogP contribution in [0.25, 0.3) is 0 Å². The molecule has 0 bridgehead atoms. The molecule has 200 valence electrons. The van der Waals surface area contributed by atoms with Gasteiger partial charge in [-0.25, -0.2) is 8.42 Å². The van der Waals surface area contributed by atoms with E-state index in [0.29, 0.717) is 18.7 Å². The van der Waals surface area contributed by atoms with Crippen LogP contribution in [0.1, 0.15) is 63.3 Å². The number of sulfonamides is 1. The number of anilines is 1. The van der Waals surface area contributed by atoms with Crippen molar-refractivity contribution in [3.63, 3.8) is 0 Å². The van der Waals surface area contributed by atoms with Crippen LogP contribution in [0.15, 0.2) is 58.4 Å². The van der Waals surface area contributed by atoms with Gasteiger partial charge >= 0.3 is 0 Å². The van der Waals surface area contributed by atoms with Gasteiger partial charge in [0.2, 0.25) is 15.9 Å². The summed E-state index contributed by atoms with van der Waals surface area (Å²) in [6.07, 6.45) is 4.00. The molecule has 1 atom stereocenters. The standard InChI is InChI=1S/C27H36N4O5S/c1-6-24(32)29-23-17-26(2,3)31(27(23,4)5)37(34,35)21-12-9-19(10-13-21)28-25(33)22-14-11-20(36-22)18-30-15-7-8-16-30/h6,9-14,23H,1,7-8,15-18H2,2-5H3,(H,28,33)(H,29,32). The highest BCUT2D eigenvalue weighted by Gasteiger charge is 2.57. The smallest absolute Gasteiger partial charge is 0.291 e. The predicted molar refractivity (Wildman–Crippen MR) is 142 cm³/mol. The van der Waals surface area contributed by atoms with Gasteiger partial charge < -0.3 is 15.1 Å². The molecule has 2 aromatic rings. The molecule has 2 saturated heterocycles. The molecule has 1 aromatic carbocycles. The summed E-state index contributed by atoms with van der Waals surface area (Å²) >= 11 is 0. The summed E-state index contributed by atoms with van der Waals surface area (Å²) in [6, 6.07) is 9.16. The molecule has 0 aliphatic carbocycles. The van der Waals surface area contributed by atoms with E-state index in [2.05, 4.69) is 22.1 Å². The van der Waals surface area contributed by atoms with Gasteiger partial charge in [0.1, 0.15) is 5.76 Å². The first kappa shape index (κ1) is 27.1. The first-order chi connectivity index (χ1) is 17.3. The Morgan fingerprint density at radius 1 is 1.08 bits per heavy atom. The Morgan fingerprint density at radius 3 is 2.35 bits per heavy atom. The normalized spacial score (nSPS) is 21.6. The molecule has 4 rings (SSSR count). The van der Waals surface area contributed by atoms with Crippen LogP contribution in [-0.2, 0) is 21.4 Å². The van der Waals surface area contributed by atoms with Gasteiger partial charge in [-0.3, -0.25) is 14.5 Å². The maximum atomic E-state index is 13.8. The lowest BCUT2D eigenvalue weighted by Crippen LogP contribution is -2.56. The number of likely N-dealkylation sites (tertiary alicyclic amines) is 1. The second-order valence-corrected chi connectivity index (χ2v) is 12.7. The van der Waals surface area contributed by atoms with Gasteiger partial charge in [-0.1, -0.05) is 6.58 Å². The molecule has 2 aliphatic rings. The summed E-state index contributed by atoms with van der Waals surface area (Å²) in [4.78, 5) is 27.0. The fourth-order valence-electron chi connectivity index (χ4n) is 5.60. The summed E-state index contributed by atoms with van der Waals surface area (Å²) in [5, 5.41) is 5.64. The highest BCUT2D eigenvalue weighted by molar-refractivity contribution is 7.89. The van der Waals surface area contributed by atoms with E-state index in [-0.39, 0.29) is 22.6 Å². The summed E-state index contributed by atoms with van der Waals surface area (Å²) in [6.45, 7) is 13.6. The van der Waals surface area contributed by atoms with Gasteiger partial charge in [-0.05, 0) is 103 Å². The number of rotatable bonds is 8. The number of amides is 2. The lowest BCUT2D eigenvalue weighted by Gasteiger charge is -2.40. The minimum Gasteiger partial charge on any atom is -0.455 e. The number of benzene rings is 1. The molecule has 2 N–H and O–H groups in total. The SMILES string of the molecule is C=CC(=O)NC1CC(C)(C)N(S(=O)(=O)c2ccc(NC(=O)c3ccc(CN4CCCC4)o3)cc2)C1(C)C. The Labute approximate surface area is 218 Å². The van der Waals surface area contributed by atoms with Crippen molar-refractivity contribution in [2.45, 2.75) is 75.5 Å². The molecule has 0 saturated carbocycles. The van der Waals surface area contributed by atoms with E-state index >= 15 is 0 Å². The summed E-state index contributed by atoms with van der Waals surface area (Å²) < 4.78 is 34.7. The number of hydrogen-bond acceptors (Lipinski definition) is 6. The first-order valence-corrected chi connectivity index (χ1v) is 14.0. The quantitative estimate of drug-likeness (QED) is 0.505. The van der Waals surface area contributed by atoms with E-state index in [1.165, 1.54) is 35.4 Å². The molecular formula is C27H36N4O5S. The first-order valence-electron chi connectivity index (χ1n) is 12.6. The Kier molecular flexibility index (Phi) is 7.38. The fraction of sp³-hybridized carbons (Fsp3) is 0.481. The van der Waals surface area contributed by atoms with E-state index in [0.717, 1.165) is 18.8 Å². The average Bonchev–Trinajstić information content (AvgIpc) is 3.54.